The number of rotatable bonds is 11. The summed E-state index contributed by atoms with van der Waals surface area (Å²) in [5.41, 5.74) is 2.55. The maximum atomic E-state index is 12.7. The Morgan fingerprint density at radius 2 is 1.80 bits per heavy atom. The Morgan fingerprint density at radius 3 is 2.37 bits per heavy atom. The molecule has 186 valence electrons. The predicted molar refractivity (Wildman–Crippen MR) is 136 cm³/mol. The number of esters is 1. The maximum Gasteiger partial charge on any atom is 0.330 e. The van der Waals surface area contributed by atoms with Crippen LogP contribution in [0.25, 0.3) is 11.6 Å². The molecule has 3 atom stereocenters. The summed E-state index contributed by atoms with van der Waals surface area (Å²) in [5, 5.41) is 0. The van der Waals surface area contributed by atoms with Crippen LogP contribution < -0.4 is 0 Å². The topological polar surface area (TPSA) is 71.1 Å². The third kappa shape index (κ3) is 7.21. The smallest absolute Gasteiger partial charge is 0.330 e. The zero-order valence-electron chi connectivity index (χ0n) is 20.9. The minimum absolute atomic E-state index is 0.0251. The van der Waals surface area contributed by atoms with Crippen LogP contribution in [0.1, 0.15) is 48.7 Å². The third-order valence-corrected chi connectivity index (χ3v) is 6.08. The van der Waals surface area contributed by atoms with E-state index in [0.29, 0.717) is 17.7 Å². The van der Waals surface area contributed by atoms with E-state index in [1.165, 1.54) is 6.08 Å². The third-order valence-electron chi connectivity index (χ3n) is 6.08. The van der Waals surface area contributed by atoms with E-state index in [9.17, 15) is 9.59 Å². The Morgan fingerprint density at radius 1 is 1.11 bits per heavy atom. The van der Waals surface area contributed by atoms with Crippen LogP contribution in [-0.4, -0.2) is 50.1 Å². The molecule has 1 heterocycles. The summed E-state index contributed by atoms with van der Waals surface area (Å²) >= 11 is 0. The zero-order chi connectivity index (χ0) is 25.4. The number of hydrogen-bond donors (Lipinski definition) is 0. The van der Waals surface area contributed by atoms with Crippen LogP contribution in [0.15, 0.2) is 67.3 Å². The highest BCUT2D eigenvalue weighted by Crippen LogP contribution is 2.29. The highest BCUT2D eigenvalue weighted by molar-refractivity contribution is 6.28. The van der Waals surface area contributed by atoms with Crippen molar-refractivity contribution >= 4 is 23.4 Å². The molecule has 2 aromatic rings. The van der Waals surface area contributed by atoms with Gasteiger partial charge in [-0.3, -0.25) is 4.79 Å². The van der Waals surface area contributed by atoms with Gasteiger partial charge >= 0.3 is 5.97 Å². The first-order valence-electron chi connectivity index (χ1n) is 11.8. The molecule has 0 saturated carbocycles. The van der Waals surface area contributed by atoms with Gasteiger partial charge in [0, 0.05) is 30.2 Å². The van der Waals surface area contributed by atoms with Crippen molar-refractivity contribution in [2.45, 2.75) is 45.2 Å². The fourth-order valence-corrected chi connectivity index (χ4v) is 4.06. The molecule has 6 nitrogen and oxygen atoms in total. The van der Waals surface area contributed by atoms with Gasteiger partial charge < -0.3 is 18.9 Å². The SMILES string of the molecule is C=C(C(=O)c1ccc(/C=C/C(=O)OC[C@@H](CC)[C@@H](OC)[C@@H]2COC(C)(C)O2)cc1)c1ccccc1. The highest BCUT2D eigenvalue weighted by atomic mass is 16.7. The molecule has 35 heavy (non-hydrogen) atoms. The fraction of sp³-hybridized carbons (Fsp3) is 0.379. The number of ether oxygens (including phenoxy) is 4. The first-order valence-corrected chi connectivity index (χ1v) is 11.8. The number of hydrogen-bond acceptors (Lipinski definition) is 6. The molecule has 1 aliphatic heterocycles. The molecule has 2 aromatic carbocycles. The molecule has 1 saturated heterocycles. The molecular formula is C29H34O6. The summed E-state index contributed by atoms with van der Waals surface area (Å²) in [6.45, 7) is 10.3. The van der Waals surface area contributed by atoms with Crippen LogP contribution in [-0.2, 0) is 23.7 Å². The van der Waals surface area contributed by atoms with Crippen molar-refractivity contribution in [2.24, 2.45) is 5.92 Å². The van der Waals surface area contributed by atoms with Gasteiger partial charge in [0.25, 0.3) is 0 Å². The molecule has 1 fully saturated rings. The second-order valence-electron chi connectivity index (χ2n) is 8.99. The van der Waals surface area contributed by atoms with E-state index in [1.807, 2.05) is 51.1 Å². The van der Waals surface area contributed by atoms with Gasteiger partial charge in [-0.05, 0) is 37.5 Å². The summed E-state index contributed by atoms with van der Waals surface area (Å²) in [4.78, 5) is 25.0. The molecule has 0 radical (unpaired) electrons. The minimum Gasteiger partial charge on any atom is -0.462 e. The Hall–Kier alpha value is -3.06. The molecule has 0 N–H and O–H groups in total. The lowest BCUT2D eigenvalue weighted by Gasteiger charge is -2.29. The Labute approximate surface area is 207 Å². The predicted octanol–water partition coefficient (Wildman–Crippen LogP) is 5.33. The van der Waals surface area contributed by atoms with Crippen molar-refractivity contribution in [1.29, 1.82) is 0 Å². The molecule has 0 bridgehead atoms. The van der Waals surface area contributed by atoms with Crippen LogP contribution in [0.2, 0.25) is 0 Å². The molecule has 3 rings (SSSR count). The van der Waals surface area contributed by atoms with E-state index >= 15 is 0 Å². The maximum absolute atomic E-state index is 12.7. The zero-order valence-corrected chi connectivity index (χ0v) is 20.9. The lowest BCUT2D eigenvalue weighted by Crippen LogP contribution is -2.40. The van der Waals surface area contributed by atoms with E-state index < -0.39 is 11.8 Å². The van der Waals surface area contributed by atoms with E-state index in [0.717, 1.165) is 17.5 Å². The summed E-state index contributed by atoms with van der Waals surface area (Å²) < 4.78 is 22.7. The molecule has 0 amide bonds. The number of Topliss-reactive ketones (excluding diaryl/α,β-unsaturated/α-hetero) is 1. The number of carbonyl (C=O) groups is 2. The summed E-state index contributed by atoms with van der Waals surface area (Å²) in [6.07, 6.45) is 3.35. The van der Waals surface area contributed by atoms with Gasteiger partial charge in [0.2, 0.25) is 0 Å². The average Bonchev–Trinajstić information content (AvgIpc) is 3.24. The number of allylic oxidation sites excluding steroid dienone is 1. The van der Waals surface area contributed by atoms with Crippen molar-refractivity contribution < 1.29 is 28.5 Å². The Kier molecular flexibility index (Phi) is 9.15. The molecular weight excluding hydrogens is 444 g/mol. The lowest BCUT2D eigenvalue weighted by atomic mass is 9.96. The second kappa shape index (κ2) is 12.1. The van der Waals surface area contributed by atoms with Crippen LogP contribution in [0, 0.1) is 5.92 Å². The standard InChI is InChI=1S/C29H34O6/c1-6-22(28(32-5)25-19-34-29(3,4)35-25)18-33-26(30)17-14-21-12-15-24(16-13-21)27(31)20(2)23-10-8-7-9-11-23/h7-17,22,25,28H,2,6,18-19H2,1,3-5H3/b17-14+/t22-,25+,28-/m1/s1. The van der Waals surface area contributed by atoms with E-state index in [4.69, 9.17) is 18.9 Å². The lowest BCUT2D eigenvalue weighted by molar-refractivity contribution is -0.164. The van der Waals surface area contributed by atoms with E-state index in [1.54, 1.807) is 37.5 Å². The summed E-state index contributed by atoms with van der Waals surface area (Å²) in [7, 11) is 1.63. The summed E-state index contributed by atoms with van der Waals surface area (Å²) in [6, 6.07) is 16.4. The quantitative estimate of drug-likeness (QED) is 0.247. The molecule has 0 unspecified atom stereocenters. The van der Waals surface area contributed by atoms with Gasteiger partial charge in [-0.15, -0.1) is 0 Å². The average molecular weight is 479 g/mol. The van der Waals surface area contributed by atoms with Gasteiger partial charge in [-0.2, -0.15) is 0 Å². The van der Waals surface area contributed by atoms with Crippen molar-refractivity contribution in [1.82, 2.24) is 0 Å². The molecule has 6 heteroatoms. The Bertz CT molecular complexity index is 1040. The van der Waals surface area contributed by atoms with Crippen molar-refractivity contribution in [2.75, 3.05) is 20.3 Å². The largest absolute Gasteiger partial charge is 0.462 e. The summed E-state index contributed by atoms with van der Waals surface area (Å²) in [5.74, 6) is -1.25. The number of methoxy groups -OCH3 is 1. The van der Waals surface area contributed by atoms with Crippen LogP contribution in [0.3, 0.4) is 0 Å². The number of benzene rings is 2. The Balaban J connectivity index is 1.53. The van der Waals surface area contributed by atoms with E-state index in [-0.39, 0.29) is 30.5 Å². The van der Waals surface area contributed by atoms with Gasteiger partial charge in [-0.1, -0.05) is 68.1 Å². The fourth-order valence-electron chi connectivity index (χ4n) is 4.06. The first-order chi connectivity index (χ1) is 16.7. The van der Waals surface area contributed by atoms with Crippen molar-refractivity contribution in [3.8, 4) is 0 Å². The van der Waals surface area contributed by atoms with Crippen LogP contribution in [0.5, 0.6) is 0 Å². The molecule has 1 aliphatic rings. The normalized spacial score (nSPS) is 18.8. The van der Waals surface area contributed by atoms with Gasteiger partial charge in [0.05, 0.1) is 19.3 Å². The first kappa shape index (κ1) is 26.5. The second-order valence-corrected chi connectivity index (χ2v) is 8.99. The number of carbonyl (C=O) groups excluding carboxylic acids is 2. The molecule has 0 aromatic heterocycles. The minimum atomic E-state index is -0.645. The van der Waals surface area contributed by atoms with Gasteiger partial charge in [0.15, 0.2) is 11.6 Å². The highest BCUT2D eigenvalue weighted by Gasteiger charge is 2.40. The number of ketones is 1. The van der Waals surface area contributed by atoms with Crippen molar-refractivity contribution in [3.63, 3.8) is 0 Å². The van der Waals surface area contributed by atoms with Gasteiger partial charge in [-0.25, -0.2) is 4.79 Å². The van der Waals surface area contributed by atoms with Crippen LogP contribution >= 0.6 is 0 Å². The van der Waals surface area contributed by atoms with Gasteiger partial charge in [0.1, 0.15) is 6.10 Å². The van der Waals surface area contributed by atoms with E-state index in [2.05, 4.69) is 6.58 Å². The molecule has 0 aliphatic carbocycles. The van der Waals surface area contributed by atoms with Crippen LogP contribution in [0.4, 0.5) is 0 Å². The molecule has 0 spiro atoms. The van der Waals surface area contributed by atoms with Crippen molar-refractivity contribution in [3.05, 3.63) is 83.9 Å². The monoisotopic (exact) mass is 478 g/mol.